The molecule has 0 amide bonds. The van der Waals surface area contributed by atoms with Crippen LogP contribution in [0.3, 0.4) is 0 Å². The largest absolute Gasteiger partial charge is 0.496 e. The summed E-state index contributed by atoms with van der Waals surface area (Å²) in [7, 11) is 3.20. The summed E-state index contributed by atoms with van der Waals surface area (Å²) in [5.41, 5.74) is 6.05. The zero-order valence-electron chi connectivity index (χ0n) is 20.0. The summed E-state index contributed by atoms with van der Waals surface area (Å²) in [4.78, 5) is 17.5. The average molecular weight is 476 g/mol. The average Bonchev–Trinajstić information content (AvgIpc) is 3.66. The summed E-state index contributed by atoms with van der Waals surface area (Å²) in [6.45, 7) is 0. The Morgan fingerprint density at radius 1 is 0.778 bits per heavy atom. The fourth-order valence-electron chi connectivity index (χ4n) is 4.95. The Morgan fingerprint density at radius 3 is 1.97 bits per heavy atom. The minimum absolute atomic E-state index is 0.117. The van der Waals surface area contributed by atoms with Gasteiger partial charge in [-0.15, -0.1) is 0 Å². The number of rotatable bonds is 7. The fourth-order valence-corrected chi connectivity index (χ4v) is 4.95. The van der Waals surface area contributed by atoms with Gasteiger partial charge in [-0.05, 0) is 16.7 Å². The van der Waals surface area contributed by atoms with Crippen molar-refractivity contribution in [2.24, 2.45) is 0 Å². The highest BCUT2D eigenvalue weighted by Gasteiger charge is 2.47. The zero-order valence-corrected chi connectivity index (χ0v) is 20.0. The van der Waals surface area contributed by atoms with E-state index in [1.54, 1.807) is 20.3 Å². The van der Waals surface area contributed by atoms with Crippen molar-refractivity contribution in [3.63, 3.8) is 0 Å². The van der Waals surface area contributed by atoms with E-state index in [0.717, 1.165) is 33.3 Å². The van der Waals surface area contributed by atoms with Crippen molar-refractivity contribution < 1.29 is 19.0 Å². The first-order chi connectivity index (χ1) is 17.7. The first kappa shape index (κ1) is 22.1. The number of ketones is 1. The normalized spacial score (nSPS) is 16.6. The van der Waals surface area contributed by atoms with Gasteiger partial charge in [0.1, 0.15) is 17.6 Å². The standard InChI is InChI=1S/C31H25NO4/c1-34-22-18-23(35-2)26(29(33)31-30(36-31)21-16-10-5-11-17-21)28-25(22)24(19-12-6-3-7-13-19)27(32-28)20-14-8-4-9-15-20/h3-18,30-32H,1-2H3. The van der Waals surface area contributed by atoms with Crippen LogP contribution in [0.15, 0.2) is 97.1 Å². The van der Waals surface area contributed by atoms with Gasteiger partial charge in [-0.2, -0.15) is 0 Å². The Labute approximate surface area is 209 Å². The molecule has 1 fully saturated rings. The highest BCUT2D eigenvalue weighted by molar-refractivity contribution is 6.18. The molecule has 178 valence electrons. The van der Waals surface area contributed by atoms with Crippen LogP contribution in [0, 0.1) is 0 Å². The maximum atomic E-state index is 13.9. The van der Waals surface area contributed by atoms with Crippen molar-refractivity contribution in [1.29, 1.82) is 0 Å². The summed E-state index contributed by atoms with van der Waals surface area (Å²) < 4.78 is 17.4. The van der Waals surface area contributed by atoms with Crippen LogP contribution in [0.5, 0.6) is 11.5 Å². The van der Waals surface area contributed by atoms with E-state index in [2.05, 4.69) is 29.2 Å². The zero-order chi connectivity index (χ0) is 24.6. The molecule has 0 saturated carbocycles. The lowest BCUT2D eigenvalue weighted by molar-refractivity contribution is 0.0952. The highest BCUT2D eigenvalue weighted by atomic mass is 16.6. The maximum Gasteiger partial charge on any atom is 0.200 e. The number of carbonyl (C=O) groups excluding carboxylic acids is 1. The molecular formula is C31H25NO4. The number of fused-ring (bicyclic) bond motifs is 1. The first-order valence-electron chi connectivity index (χ1n) is 11.9. The molecule has 1 saturated heterocycles. The second kappa shape index (κ2) is 9.02. The summed E-state index contributed by atoms with van der Waals surface area (Å²) >= 11 is 0. The van der Waals surface area contributed by atoms with Crippen molar-refractivity contribution in [3.05, 3.63) is 108 Å². The van der Waals surface area contributed by atoms with Gasteiger partial charge >= 0.3 is 0 Å². The molecule has 0 spiro atoms. The Hall–Kier alpha value is -4.35. The van der Waals surface area contributed by atoms with Gasteiger partial charge in [-0.25, -0.2) is 0 Å². The van der Waals surface area contributed by atoms with Gasteiger partial charge in [-0.1, -0.05) is 91.0 Å². The van der Waals surface area contributed by atoms with Crippen molar-refractivity contribution in [1.82, 2.24) is 4.98 Å². The number of epoxide rings is 1. The van der Waals surface area contributed by atoms with Crippen LogP contribution in [0.1, 0.15) is 22.0 Å². The quantitative estimate of drug-likeness (QED) is 0.207. The van der Waals surface area contributed by atoms with Crippen LogP contribution >= 0.6 is 0 Å². The van der Waals surface area contributed by atoms with Crippen molar-refractivity contribution in [2.75, 3.05) is 14.2 Å². The van der Waals surface area contributed by atoms with Crippen LogP contribution < -0.4 is 9.47 Å². The molecule has 6 rings (SSSR count). The second-order valence-corrected chi connectivity index (χ2v) is 8.77. The number of aromatic amines is 1. The monoisotopic (exact) mass is 475 g/mol. The van der Waals surface area contributed by atoms with Crippen LogP contribution in [0.2, 0.25) is 0 Å². The lowest BCUT2D eigenvalue weighted by Gasteiger charge is -2.13. The Kier molecular flexibility index (Phi) is 5.55. The Bertz CT molecular complexity index is 1540. The molecule has 5 nitrogen and oxygen atoms in total. The van der Waals surface area contributed by atoms with E-state index < -0.39 is 6.10 Å². The molecular weight excluding hydrogens is 450 g/mol. The van der Waals surface area contributed by atoms with Gasteiger partial charge < -0.3 is 19.2 Å². The van der Waals surface area contributed by atoms with Crippen molar-refractivity contribution >= 4 is 16.7 Å². The van der Waals surface area contributed by atoms with E-state index >= 15 is 0 Å². The van der Waals surface area contributed by atoms with Crippen molar-refractivity contribution in [2.45, 2.75) is 12.2 Å². The summed E-state index contributed by atoms with van der Waals surface area (Å²) in [5, 5.41) is 0.837. The molecule has 4 aromatic carbocycles. The van der Waals surface area contributed by atoms with Crippen LogP contribution in [0.4, 0.5) is 0 Å². The van der Waals surface area contributed by atoms with E-state index in [1.807, 2.05) is 66.7 Å². The van der Waals surface area contributed by atoms with E-state index in [4.69, 9.17) is 14.2 Å². The predicted molar refractivity (Wildman–Crippen MR) is 141 cm³/mol. The number of nitrogens with one attached hydrogen (secondary N) is 1. The van der Waals surface area contributed by atoms with E-state index in [9.17, 15) is 4.79 Å². The molecule has 5 heteroatoms. The second-order valence-electron chi connectivity index (χ2n) is 8.77. The minimum atomic E-state index is -0.568. The van der Waals surface area contributed by atoms with Gasteiger partial charge in [0, 0.05) is 11.6 Å². The lowest BCUT2D eigenvalue weighted by atomic mass is 9.95. The van der Waals surface area contributed by atoms with E-state index in [0.29, 0.717) is 22.6 Å². The smallest absolute Gasteiger partial charge is 0.200 e. The molecule has 0 aliphatic carbocycles. The topological polar surface area (TPSA) is 63.9 Å². The number of H-pyrrole nitrogens is 1. The molecule has 1 N–H and O–H groups in total. The van der Waals surface area contributed by atoms with Gasteiger partial charge in [0.2, 0.25) is 0 Å². The lowest BCUT2D eigenvalue weighted by Crippen LogP contribution is -2.11. The molecule has 2 heterocycles. The molecule has 1 aliphatic heterocycles. The number of methoxy groups -OCH3 is 2. The van der Waals surface area contributed by atoms with Gasteiger partial charge in [0.05, 0.1) is 36.4 Å². The third kappa shape index (κ3) is 3.65. The van der Waals surface area contributed by atoms with Crippen LogP contribution in [-0.2, 0) is 4.74 Å². The van der Waals surface area contributed by atoms with E-state index in [-0.39, 0.29) is 11.9 Å². The molecule has 5 aromatic rings. The summed E-state index contributed by atoms with van der Waals surface area (Å²) in [6, 6.07) is 31.8. The number of aromatic nitrogens is 1. The van der Waals surface area contributed by atoms with Gasteiger partial charge in [-0.3, -0.25) is 4.79 Å². The molecule has 1 aromatic heterocycles. The maximum absolute atomic E-state index is 13.9. The van der Waals surface area contributed by atoms with Crippen LogP contribution in [-0.4, -0.2) is 31.1 Å². The molecule has 0 radical (unpaired) electrons. The van der Waals surface area contributed by atoms with Crippen LogP contribution in [0.25, 0.3) is 33.3 Å². The molecule has 0 bridgehead atoms. The van der Waals surface area contributed by atoms with Gasteiger partial charge in [0.25, 0.3) is 0 Å². The van der Waals surface area contributed by atoms with Crippen molar-refractivity contribution in [3.8, 4) is 33.9 Å². The predicted octanol–water partition coefficient (Wildman–Crippen LogP) is 6.84. The van der Waals surface area contributed by atoms with E-state index in [1.165, 1.54) is 0 Å². The summed E-state index contributed by atoms with van der Waals surface area (Å²) in [5.74, 6) is 0.966. The Morgan fingerprint density at radius 2 is 1.36 bits per heavy atom. The Balaban J connectivity index is 1.60. The van der Waals surface area contributed by atoms with Gasteiger partial charge in [0.15, 0.2) is 11.9 Å². The first-order valence-corrected chi connectivity index (χ1v) is 11.9. The minimum Gasteiger partial charge on any atom is -0.496 e. The molecule has 2 atom stereocenters. The number of Topliss-reactive ketones (excluding diaryl/α,β-unsaturated/α-hetero) is 1. The number of hydrogen-bond donors (Lipinski definition) is 1. The number of ether oxygens (including phenoxy) is 3. The molecule has 1 aliphatic rings. The SMILES string of the molecule is COc1cc(OC)c2c(-c3ccccc3)c(-c3ccccc3)[nH]c2c1C(=O)C1OC1c1ccccc1. The molecule has 2 unspecified atom stereocenters. The summed E-state index contributed by atoms with van der Waals surface area (Å²) in [6.07, 6.45) is -0.834. The third-order valence-electron chi connectivity index (χ3n) is 6.69. The fraction of sp³-hybridized carbons (Fsp3) is 0.129. The molecule has 36 heavy (non-hydrogen) atoms. The number of carbonyl (C=O) groups is 1. The number of hydrogen-bond acceptors (Lipinski definition) is 4. The number of benzene rings is 4. The third-order valence-corrected chi connectivity index (χ3v) is 6.69. The highest BCUT2D eigenvalue weighted by Crippen LogP contribution is 2.49.